The average Bonchev–Trinajstić information content (AvgIpc) is 3.22. The predicted octanol–water partition coefficient (Wildman–Crippen LogP) is 0.257. The van der Waals surface area contributed by atoms with Crippen LogP contribution in [0.5, 0.6) is 0 Å². The third kappa shape index (κ3) is 5.45. The first-order valence-corrected chi connectivity index (χ1v) is 8.35. The number of thioether (sulfide) groups is 1. The van der Waals surface area contributed by atoms with Gasteiger partial charge in [-0.15, -0.1) is 0 Å². The maximum absolute atomic E-state index is 12.1. The van der Waals surface area contributed by atoms with Gasteiger partial charge in [-0.05, 0) is 12.8 Å². The van der Waals surface area contributed by atoms with Gasteiger partial charge in [0, 0.05) is 37.1 Å². The molecule has 2 fully saturated rings. The number of carbonyl (C=O) groups excluding carboxylic acids is 2. The number of hydrogen-bond acceptors (Lipinski definition) is 4. The van der Waals surface area contributed by atoms with Gasteiger partial charge in [0.1, 0.15) is 0 Å². The Morgan fingerprint density at radius 2 is 2.05 bits per heavy atom. The second kappa shape index (κ2) is 7.53. The summed E-state index contributed by atoms with van der Waals surface area (Å²) >= 11 is 1.66. The van der Waals surface area contributed by atoms with Crippen LogP contribution in [0.1, 0.15) is 25.7 Å². The van der Waals surface area contributed by atoms with Crippen LogP contribution >= 0.6 is 11.8 Å². The molecule has 2 aliphatic rings. The van der Waals surface area contributed by atoms with Gasteiger partial charge in [-0.25, -0.2) is 4.79 Å². The summed E-state index contributed by atoms with van der Waals surface area (Å²) in [6, 6.07) is -0.227. The summed E-state index contributed by atoms with van der Waals surface area (Å²) in [7, 11) is 0. The first-order valence-electron chi connectivity index (χ1n) is 7.19. The summed E-state index contributed by atoms with van der Waals surface area (Å²) in [6.45, 7) is 0.823. The van der Waals surface area contributed by atoms with E-state index in [9.17, 15) is 14.4 Å². The molecule has 8 heteroatoms. The minimum atomic E-state index is -0.899. The van der Waals surface area contributed by atoms with Crippen molar-refractivity contribution in [3.8, 4) is 0 Å². The highest BCUT2D eigenvalue weighted by atomic mass is 32.2. The molecule has 1 aliphatic carbocycles. The Kier molecular flexibility index (Phi) is 5.72. The number of hydrogen-bond donors (Lipinski definition) is 3. The van der Waals surface area contributed by atoms with E-state index in [-0.39, 0.29) is 37.4 Å². The van der Waals surface area contributed by atoms with Gasteiger partial charge in [0.05, 0.1) is 12.5 Å². The molecule has 1 atom stereocenters. The van der Waals surface area contributed by atoms with Crippen molar-refractivity contribution in [2.45, 2.75) is 37.8 Å². The summed E-state index contributed by atoms with van der Waals surface area (Å²) < 4.78 is 0. The van der Waals surface area contributed by atoms with Gasteiger partial charge in [0.2, 0.25) is 5.91 Å². The molecule has 3 N–H and O–H groups in total. The summed E-state index contributed by atoms with van der Waals surface area (Å²) in [5.74, 6) is 0.506. The Morgan fingerprint density at radius 1 is 1.29 bits per heavy atom. The molecule has 7 nitrogen and oxygen atoms in total. The molecule has 1 unspecified atom stereocenters. The van der Waals surface area contributed by atoms with E-state index in [0.29, 0.717) is 18.3 Å². The highest BCUT2D eigenvalue weighted by molar-refractivity contribution is 7.99. The number of aliphatic carboxylic acids is 1. The lowest BCUT2D eigenvalue weighted by Gasteiger charge is -2.34. The van der Waals surface area contributed by atoms with Gasteiger partial charge in [-0.3, -0.25) is 9.59 Å². The summed E-state index contributed by atoms with van der Waals surface area (Å²) in [6.07, 6.45) is 2.30. The van der Waals surface area contributed by atoms with Crippen molar-refractivity contribution < 1.29 is 19.5 Å². The first kappa shape index (κ1) is 15.9. The lowest BCUT2D eigenvalue weighted by atomic mass is 10.2. The molecule has 0 aromatic carbocycles. The third-order valence-electron chi connectivity index (χ3n) is 3.47. The van der Waals surface area contributed by atoms with Crippen LogP contribution in [-0.2, 0) is 9.59 Å². The van der Waals surface area contributed by atoms with Crippen molar-refractivity contribution in [2.24, 2.45) is 0 Å². The van der Waals surface area contributed by atoms with Crippen LogP contribution in [0.3, 0.4) is 0 Å². The van der Waals surface area contributed by atoms with Crippen LogP contribution in [0, 0.1) is 0 Å². The minimum absolute atomic E-state index is 0.0391. The average molecular weight is 315 g/mol. The Labute approximate surface area is 127 Å². The molecule has 0 aromatic rings. The fourth-order valence-corrected chi connectivity index (χ4v) is 3.27. The normalized spacial score (nSPS) is 21.7. The van der Waals surface area contributed by atoms with E-state index in [4.69, 9.17) is 5.11 Å². The number of nitrogens with zero attached hydrogens (tertiary/aromatic N) is 1. The summed E-state index contributed by atoms with van der Waals surface area (Å²) in [4.78, 5) is 36.0. The van der Waals surface area contributed by atoms with E-state index in [1.807, 2.05) is 0 Å². The van der Waals surface area contributed by atoms with Crippen LogP contribution < -0.4 is 10.6 Å². The van der Waals surface area contributed by atoms with E-state index in [2.05, 4.69) is 10.6 Å². The maximum Gasteiger partial charge on any atom is 0.317 e. The van der Waals surface area contributed by atoms with Crippen molar-refractivity contribution in [1.29, 1.82) is 0 Å². The zero-order valence-corrected chi connectivity index (χ0v) is 12.7. The largest absolute Gasteiger partial charge is 0.481 e. The van der Waals surface area contributed by atoms with Crippen LogP contribution in [0.15, 0.2) is 0 Å². The van der Waals surface area contributed by atoms with Crippen LogP contribution in [0.2, 0.25) is 0 Å². The zero-order valence-electron chi connectivity index (χ0n) is 11.8. The van der Waals surface area contributed by atoms with Crippen molar-refractivity contribution in [3.63, 3.8) is 0 Å². The van der Waals surface area contributed by atoms with Gasteiger partial charge in [0.25, 0.3) is 0 Å². The van der Waals surface area contributed by atoms with Gasteiger partial charge < -0.3 is 20.6 Å². The van der Waals surface area contributed by atoms with Crippen molar-refractivity contribution in [3.05, 3.63) is 0 Å². The molecule has 2 rings (SSSR count). The topological polar surface area (TPSA) is 98.7 Å². The fraction of sp³-hybridized carbons (Fsp3) is 0.769. The van der Waals surface area contributed by atoms with E-state index >= 15 is 0 Å². The lowest BCUT2D eigenvalue weighted by molar-refractivity contribution is -0.138. The molecule has 0 bridgehead atoms. The predicted molar refractivity (Wildman–Crippen MR) is 79.3 cm³/mol. The monoisotopic (exact) mass is 315 g/mol. The Balaban J connectivity index is 1.71. The smallest absolute Gasteiger partial charge is 0.317 e. The van der Waals surface area contributed by atoms with Gasteiger partial charge >= 0.3 is 12.0 Å². The van der Waals surface area contributed by atoms with E-state index in [0.717, 1.165) is 18.6 Å². The summed E-state index contributed by atoms with van der Waals surface area (Å²) in [5, 5.41) is 14.4. The van der Waals surface area contributed by atoms with Gasteiger partial charge in [0.15, 0.2) is 0 Å². The molecule has 0 aromatic heterocycles. The van der Waals surface area contributed by atoms with Crippen molar-refractivity contribution >= 4 is 29.7 Å². The minimum Gasteiger partial charge on any atom is -0.481 e. The number of nitrogens with one attached hydrogen (secondary N) is 2. The molecule has 1 heterocycles. The molecule has 0 spiro atoms. The van der Waals surface area contributed by atoms with Crippen LogP contribution in [0.25, 0.3) is 0 Å². The van der Waals surface area contributed by atoms with Gasteiger partial charge in [-0.2, -0.15) is 11.8 Å². The highest BCUT2D eigenvalue weighted by Gasteiger charge is 2.29. The standard InChI is InChI=1S/C13H21N3O4S/c17-11(15-9-1-2-9)3-4-14-13(20)16-5-6-21-8-10(16)7-12(18)19/h9-10H,1-8H2,(H,14,20)(H,15,17)(H,18,19). The van der Waals surface area contributed by atoms with E-state index in [1.54, 1.807) is 16.7 Å². The number of carboxylic acid groups (broad SMARTS) is 1. The molecule has 3 amide bonds. The molecule has 1 saturated heterocycles. The molecule has 0 radical (unpaired) electrons. The van der Waals surface area contributed by atoms with Gasteiger partial charge in [-0.1, -0.05) is 0 Å². The molecular formula is C13H21N3O4S. The van der Waals surface area contributed by atoms with Crippen LogP contribution in [0.4, 0.5) is 4.79 Å². The summed E-state index contributed by atoms with van der Waals surface area (Å²) in [5.41, 5.74) is 0. The maximum atomic E-state index is 12.1. The third-order valence-corrected chi connectivity index (χ3v) is 4.56. The van der Waals surface area contributed by atoms with E-state index in [1.165, 1.54) is 0 Å². The number of carbonyl (C=O) groups is 3. The number of carboxylic acids is 1. The second-order valence-electron chi connectivity index (χ2n) is 5.34. The Hall–Kier alpha value is -1.44. The lowest BCUT2D eigenvalue weighted by Crippen LogP contribution is -2.51. The van der Waals surface area contributed by atoms with Crippen molar-refractivity contribution in [1.82, 2.24) is 15.5 Å². The Bertz CT molecular complexity index is 414. The highest BCUT2D eigenvalue weighted by Crippen LogP contribution is 2.19. The number of urea groups is 1. The fourth-order valence-electron chi connectivity index (χ4n) is 2.20. The second-order valence-corrected chi connectivity index (χ2v) is 6.49. The number of amides is 3. The SMILES string of the molecule is O=C(O)CC1CSCCN1C(=O)NCCC(=O)NC1CC1. The zero-order chi connectivity index (χ0) is 15.2. The molecule has 1 saturated carbocycles. The quantitative estimate of drug-likeness (QED) is 0.653. The molecule has 1 aliphatic heterocycles. The van der Waals surface area contributed by atoms with E-state index < -0.39 is 5.97 Å². The molecule has 21 heavy (non-hydrogen) atoms. The number of rotatable bonds is 6. The Morgan fingerprint density at radius 3 is 2.71 bits per heavy atom. The first-order chi connectivity index (χ1) is 10.1. The van der Waals surface area contributed by atoms with Crippen LogP contribution in [-0.4, -0.2) is 64.6 Å². The molecule has 118 valence electrons. The van der Waals surface area contributed by atoms with Crippen molar-refractivity contribution in [2.75, 3.05) is 24.6 Å². The molecular weight excluding hydrogens is 294 g/mol.